The van der Waals surface area contributed by atoms with E-state index in [-0.39, 0.29) is 43.4 Å². The summed E-state index contributed by atoms with van der Waals surface area (Å²) >= 11 is 0. The molecule has 0 heterocycles. The van der Waals surface area contributed by atoms with Crippen molar-refractivity contribution in [1.29, 1.82) is 0 Å². The molecule has 0 radical (unpaired) electrons. The molecule has 2 amide bonds. The lowest BCUT2D eigenvalue weighted by atomic mass is 9.95. The number of amides is 2. The molecule has 1 aliphatic rings. The molecule has 2 atom stereocenters. The van der Waals surface area contributed by atoms with Crippen LogP contribution in [0.4, 0.5) is 4.79 Å². The highest BCUT2D eigenvalue weighted by molar-refractivity contribution is 5.80. The van der Waals surface area contributed by atoms with Gasteiger partial charge in [-0.05, 0) is 47.4 Å². The lowest BCUT2D eigenvalue weighted by Gasteiger charge is -2.23. The van der Waals surface area contributed by atoms with Gasteiger partial charge < -0.3 is 20.5 Å². The molecule has 188 valence electrons. The van der Waals surface area contributed by atoms with Crippen molar-refractivity contribution in [2.45, 2.75) is 58.4 Å². The largest absolute Gasteiger partial charge is 0.481 e. The molecule has 2 aromatic carbocycles. The van der Waals surface area contributed by atoms with Crippen molar-refractivity contribution in [3.05, 3.63) is 59.7 Å². The van der Waals surface area contributed by atoms with Gasteiger partial charge in [0.1, 0.15) is 6.61 Å². The van der Waals surface area contributed by atoms with Crippen LogP contribution in [0.5, 0.6) is 0 Å². The first-order valence-electron chi connectivity index (χ1n) is 12.4. The molecule has 0 aliphatic heterocycles. The van der Waals surface area contributed by atoms with Crippen LogP contribution >= 0.6 is 0 Å². The molecule has 3 rings (SSSR count). The number of rotatable bonds is 12. The van der Waals surface area contributed by atoms with E-state index in [1.165, 1.54) is 11.1 Å². The maximum absolute atomic E-state index is 12.9. The number of benzene rings is 2. The summed E-state index contributed by atoms with van der Waals surface area (Å²) in [4.78, 5) is 36.3. The van der Waals surface area contributed by atoms with E-state index in [9.17, 15) is 14.4 Å². The minimum Gasteiger partial charge on any atom is -0.481 e. The summed E-state index contributed by atoms with van der Waals surface area (Å²) in [5.74, 6) is -1.24. The number of aliphatic carboxylic acids is 1. The van der Waals surface area contributed by atoms with Crippen molar-refractivity contribution in [3.63, 3.8) is 0 Å². The van der Waals surface area contributed by atoms with Crippen molar-refractivity contribution in [2.24, 2.45) is 11.8 Å². The van der Waals surface area contributed by atoms with E-state index in [2.05, 4.69) is 34.9 Å². The Morgan fingerprint density at radius 2 is 1.60 bits per heavy atom. The molecule has 0 saturated heterocycles. The third kappa shape index (κ3) is 7.07. The van der Waals surface area contributed by atoms with Crippen LogP contribution in [0.2, 0.25) is 0 Å². The van der Waals surface area contributed by atoms with Crippen molar-refractivity contribution in [3.8, 4) is 11.1 Å². The number of fused-ring (bicyclic) bond motifs is 3. The van der Waals surface area contributed by atoms with Crippen LogP contribution in [-0.4, -0.2) is 42.3 Å². The van der Waals surface area contributed by atoms with Gasteiger partial charge in [0.15, 0.2) is 0 Å². The molecular weight excluding hydrogens is 444 g/mol. The van der Waals surface area contributed by atoms with Gasteiger partial charge in [-0.3, -0.25) is 9.59 Å². The van der Waals surface area contributed by atoms with Crippen LogP contribution in [0.15, 0.2) is 48.5 Å². The third-order valence-corrected chi connectivity index (χ3v) is 6.51. The molecule has 0 bridgehead atoms. The van der Waals surface area contributed by atoms with Gasteiger partial charge in [-0.25, -0.2) is 4.79 Å². The highest BCUT2D eigenvalue weighted by Gasteiger charge is 2.29. The zero-order valence-corrected chi connectivity index (χ0v) is 20.8. The van der Waals surface area contributed by atoms with Gasteiger partial charge in [-0.1, -0.05) is 69.3 Å². The van der Waals surface area contributed by atoms with E-state index in [1.807, 2.05) is 45.0 Å². The molecule has 0 spiro atoms. The Bertz CT molecular complexity index is 990. The summed E-state index contributed by atoms with van der Waals surface area (Å²) in [6.07, 6.45) is 1.08. The Kier molecular flexibility index (Phi) is 9.29. The predicted molar refractivity (Wildman–Crippen MR) is 135 cm³/mol. The monoisotopic (exact) mass is 480 g/mol. The zero-order chi connectivity index (χ0) is 25.4. The molecule has 1 aliphatic carbocycles. The van der Waals surface area contributed by atoms with Crippen molar-refractivity contribution in [2.75, 3.05) is 13.2 Å². The Morgan fingerprint density at radius 1 is 1.00 bits per heavy atom. The first kappa shape index (κ1) is 26.3. The summed E-state index contributed by atoms with van der Waals surface area (Å²) in [5.41, 5.74) is 4.62. The number of carboxylic acids is 1. The normalized spacial score (nSPS) is 14.1. The number of alkyl carbamates (subject to hydrolysis) is 1. The van der Waals surface area contributed by atoms with E-state index in [0.29, 0.717) is 19.3 Å². The molecule has 0 saturated carbocycles. The Hall–Kier alpha value is -3.35. The summed E-state index contributed by atoms with van der Waals surface area (Å²) in [6.45, 7) is 6.34. The molecular formula is C28H36N2O5. The van der Waals surface area contributed by atoms with Gasteiger partial charge >= 0.3 is 12.1 Å². The fraction of sp³-hybridized carbons (Fsp3) is 0.464. The fourth-order valence-corrected chi connectivity index (χ4v) is 4.70. The molecule has 2 unspecified atom stereocenters. The number of hydrogen-bond acceptors (Lipinski definition) is 4. The average Bonchev–Trinajstić information content (AvgIpc) is 3.16. The van der Waals surface area contributed by atoms with Gasteiger partial charge in [-0.2, -0.15) is 0 Å². The van der Waals surface area contributed by atoms with E-state index >= 15 is 0 Å². The van der Waals surface area contributed by atoms with Crippen molar-refractivity contribution in [1.82, 2.24) is 10.6 Å². The molecule has 7 heteroatoms. The molecule has 7 nitrogen and oxygen atoms in total. The number of carbonyl (C=O) groups excluding carboxylic acids is 2. The van der Waals surface area contributed by atoms with Crippen molar-refractivity contribution < 1.29 is 24.2 Å². The first-order valence-corrected chi connectivity index (χ1v) is 12.4. The molecule has 3 N–H and O–H groups in total. The van der Waals surface area contributed by atoms with E-state index < -0.39 is 18.0 Å². The molecule has 0 aromatic heterocycles. The maximum atomic E-state index is 12.9. The fourth-order valence-electron chi connectivity index (χ4n) is 4.70. The van der Waals surface area contributed by atoms with Crippen LogP contribution in [0, 0.1) is 11.8 Å². The highest BCUT2D eigenvalue weighted by Crippen LogP contribution is 2.44. The Labute approximate surface area is 207 Å². The van der Waals surface area contributed by atoms with Gasteiger partial charge in [0.05, 0.1) is 5.92 Å². The van der Waals surface area contributed by atoms with E-state index in [1.54, 1.807) is 0 Å². The summed E-state index contributed by atoms with van der Waals surface area (Å²) in [6, 6.07) is 16.1. The van der Waals surface area contributed by atoms with Gasteiger partial charge in [0.25, 0.3) is 0 Å². The summed E-state index contributed by atoms with van der Waals surface area (Å²) in [5, 5.41) is 14.7. The second kappa shape index (κ2) is 12.4. The topological polar surface area (TPSA) is 105 Å². The number of carboxylic acid groups (broad SMARTS) is 1. The molecule has 2 aromatic rings. The third-order valence-electron chi connectivity index (χ3n) is 6.51. The van der Waals surface area contributed by atoms with Crippen LogP contribution in [0.3, 0.4) is 0 Å². The summed E-state index contributed by atoms with van der Waals surface area (Å²) in [7, 11) is 0. The van der Waals surface area contributed by atoms with Crippen LogP contribution in [0.1, 0.15) is 63.5 Å². The van der Waals surface area contributed by atoms with Gasteiger partial charge in [0, 0.05) is 24.9 Å². The van der Waals surface area contributed by atoms with Gasteiger partial charge in [0.2, 0.25) is 5.91 Å². The standard InChI is InChI=1S/C28H36N2O5/c1-4-20(13-14-26(31)32)30-27(33)19(15-18(2)3)16-29-28(34)35-17-25-23-11-7-5-9-21(23)22-10-6-8-12-24(22)25/h5-12,18-20,25H,4,13-17H2,1-3H3,(H,29,34)(H,30,33)(H,31,32). The number of nitrogens with one attached hydrogen (secondary N) is 2. The van der Waals surface area contributed by atoms with Crippen LogP contribution < -0.4 is 10.6 Å². The first-order chi connectivity index (χ1) is 16.8. The van der Waals surface area contributed by atoms with E-state index in [0.717, 1.165) is 11.1 Å². The Morgan fingerprint density at radius 3 is 2.14 bits per heavy atom. The minimum absolute atomic E-state index is 0.00559. The van der Waals surface area contributed by atoms with Crippen molar-refractivity contribution >= 4 is 18.0 Å². The number of ether oxygens (including phenoxy) is 1. The maximum Gasteiger partial charge on any atom is 0.407 e. The lowest BCUT2D eigenvalue weighted by Crippen LogP contribution is -2.43. The Balaban J connectivity index is 1.56. The van der Waals surface area contributed by atoms with Crippen LogP contribution in [0.25, 0.3) is 11.1 Å². The molecule has 0 fully saturated rings. The second-order valence-electron chi connectivity index (χ2n) is 9.58. The average molecular weight is 481 g/mol. The number of carbonyl (C=O) groups is 3. The molecule has 35 heavy (non-hydrogen) atoms. The minimum atomic E-state index is -0.881. The summed E-state index contributed by atoms with van der Waals surface area (Å²) < 4.78 is 5.59. The predicted octanol–water partition coefficient (Wildman–Crippen LogP) is 4.95. The lowest BCUT2D eigenvalue weighted by molar-refractivity contribution is -0.137. The highest BCUT2D eigenvalue weighted by atomic mass is 16.5. The second-order valence-corrected chi connectivity index (χ2v) is 9.58. The van der Waals surface area contributed by atoms with E-state index in [4.69, 9.17) is 9.84 Å². The zero-order valence-electron chi connectivity index (χ0n) is 20.8. The van der Waals surface area contributed by atoms with Gasteiger partial charge in [-0.15, -0.1) is 0 Å². The number of hydrogen-bond donors (Lipinski definition) is 3. The smallest absolute Gasteiger partial charge is 0.407 e. The SMILES string of the molecule is CCC(CCC(=O)O)NC(=O)C(CNC(=O)OCC1c2ccccc2-c2ccccc21)CC(C)C. The quantitative estimate of drug-likeness (QED) is 0.399. The van der Waals surface area contributed by atoms with Crippen LogP contribution in [-0.2, 0) is 14.3 Å².